The molecule has 2 aromatic heterocycles. The van der Waals surface area contributed by atoms with E-state index in [9.17, 15) is 13.2 Å². The molecule has 4 rings (SSSR count). The zero-order valence-electron chi connectivity index (χ0n) is 17.6. The summed E-state index contributed by atoms with van der Waals surface area (Å²) in [6.07, 6.45) is 1.20. The van der Waals surface area contributed by atoms with E-state index in [1.807, 2.05) is 11.0 Å². The molecular formula is C21H26N4O3S3. The summed E-state index contributed by atoms with van der Waals surface area (Å²) < 4.78 is 28.9. The lowest BCUT2D eigenvalue weighted by Crippen LogP contribution is -2.46. The van der Waals surface area contributed by atoms with Crippen molar-refractivity contribution in [2.75, 3.05) is 31.1 Å². The molecule has 1 aliphatic heterocycles. The molecule has 0 unspecified atom stereocenters. The van der Waals surface area contributed by atoms with Gasteiger partial charge in [-0.2, -0.15) is 0 Å². The van der Waals surface area contributed by atoms with Gasteiger partial charge in [0.25, 0.3) is 5.91 Å². The lowest BCUT2D eigenvalue weighted by Gasteiger charge is -2.32. The van der Waals surface area contributed by atoms with E-state index in [4.69, 9.17) is 4.98 Å². The standard InChI is InChI=1S/C21H26N4O3S3/c1-3-24(4-2)21-22-19-17(30-21)14-18(29-19)20(26)25-12-10-15(11-13-25)23-31(27,28)16-8-6-5-7-9-16/h5-9,14-15,23H,3-4,10-13H2,1-2H3. The van der Waals surface area contributed by atoms with Crippen molar-refractivity contribution in [2.45, 2.75) is 37.6 Å². The third-order valence-corrected chi connectivity index (χ3v) is 9.23. The molecule has 1 saturated heterocycles. The summed E-state index contributed by atoms with van der Waals surface area (Å²) in [6.45, 7) is 7.10. The van der Waals surface area contributed by atoms with Gasteiger partial charge in [-0.3, -0.25) is 4.79 Å². The van der Waals surface area contributed by atoms with Crippen molar-refractivity contribution in [1.82, 2.24) is 14.6 Å². The highest BCUT2D eigenvalue weighted by Crippen LogP contribution is 2.35. The number of rotatable bonds is 7. The summed E-state index contributed by atoms with van der Waals surface area (Å²) in [5, 5.41) is 0.997. The van der Waals surface area contributed by atoms with Crippen molar-refractivity contribution in [1.29, 1.82) is 0 Å². The normalized spacial score (nSPS) is 15.5. The Labute approximate surface area is 190 Å². The van der Waals surface area contributed by atoms with Crippen LogP contribution < -0.4 is 9.62 Å². The minimum absolute atomic E-state index is 0.00366. The SMILES string of the molecule is CCN(CC)c1nc2sc(C(=O)N3CCC(NS(=O)(=O)c4ccccc4)CC3)cc2s1. The summed E-state index contributed by atoms with van der Waals surface area (Å²) in [5.74, 6) is 0.00366. The number of carbonyl (C=O) groups is 1. The van der Waals surface area contributed by atoms with Gasteiger partial charge in [0, 0.05) is 32.2 Å². The number of benzene rings is 1. The van der Waals surface area contributed by atoms with Crippen LogP contribution >= 0.6 is 22.7 Å². The van der Waals surface area contributed by atoms with Crippen LogP contribution in [0, 0.1) is 0 Å². The van der Waals surface area contributed by atoms with E-state index < -0.39 is 10.0 Å². The first-order valence-electron chi connectivity index (χ1n) is 10.4. The zero-order valence-corrected chi connectivity index (χ0v) is 20.0. The van der Waals surface area contributed by atoms with Gasteiger partial charge >= 0.3 is 0 Å². The van der Waals surface area contributed by atoms with Gasteiger partial charge in [-0.1, -0.05) is 29.5 Å². The van der Waals surface area contributed by atoms with Gasteiger partial charge in [-0.05, 0) is 44.9 Å². The smallest absolute Gasteiger partial charge is 0.264 e. The highest BCUT2D eigenvalue weighted by atomic mass is 32.2. The summed E-state index contributed by atoms with van der Waals surface area (Å²) in [5.41, 5.74) is 0. The Balaban J connectivity index is 1.37. The molecule has 0 atom stereocenters. The summed E-state index contributed by atoms with van der Waals surface area (Å²) >= 11 is 3.06. The second kappa shape index (κ2) is 9.23. The third-order valence-electron chi connectivity index (χ3n) is 5.48. The first-order valence-corrected chi connectivity index (χ1v) is 13.5. The number of anilines is 1. The monoisotopic (exact) mass is 478 g/mol. The van der Waals surface area contributed by atoms with Crippen LogP contribution in [0.25, 0.3) is 9.53 Å². The minimum Gasteiger partial charge on any atom is -0.349 e. The molecule has 0 spiro atoms. The summed E-state index contributed by atoms with van der Waals surface area (Å²) in [7, 11) is -3.54. The maximum Gasteiger partial charge on any atom is 0.264 e. The second-order valence-corrected chi connectivity index (χ2v) is 11.2. The average Bonchev–Trinajstić information content (AvgIpc) is 3.35. The lowest BCUT2D eigenvalue weighted by atomic mass is 10.1. The molecule has 10 heteroatoms. The molecule has 3 heterocycles. The molecule has 0 aliphatic carbocycles. The molecule has 0 saturated carbocycles. The number of fused-ring (bicyclic) bond motifs is 1. The van der Waals surface area contributed by atoms with E-state index >= 15 is 0 Å². The molecule has 166 valence electrons. The first-order chi connectivity index (χ1) is 14.9. The van der Waals surface area contributed by atoms with E-state index in [2.05, 4.69) is 23.5 Å². The number of nitrogens with one attached hydrogen (secondary N) is 1. The Hall–Kier alpha value is -2.01. The predicted molar refractivity (Wildman–Crippen MR) is 127 cm³/mol. The summed E-state index contributed by atoms with van der Waals surface area (Å²) in [4.78, 5) is 23.6. The molecule has 1 N–H and O–H groups in total. The van der Waals surface area contributed by atoms with Crippen molar-refractivity contribution in [3.63, 3.8) is 0 Å². The number of likely N-dealkylation sites (tertiary alicyclic amines) is 1. The molecule has 31 heavy (non-hydrogen) atoms. The fraction of sp³-hybridized carbons (Fsp3) is 0.429. The fourth-order valence-electron chi connectivity index (χ4n) is 3.70. The van der Waals surface area contributed by atoms with Crippen LogP contribution in [0.4, 0.5) is 5.13 Å². The number of piperidine rings is 1. The van der Waals surface area contributed by atoms with Crippen LogP contribution in [0.1, 0.15) is 36.4 Å². The van der Waals surface area contributed by atoms with E-state index in [1.165, 1.54) is 11.3 Å². The second-order valence-electron chi connectivity index (χ2n) is 7.45. The number of hydrogen-bond donors (Lipinski definition) is 1. The summed E-state index contributed by atoms with van der Waals surface area (Å²) in [6, 6.07) is 10.2. The first kappa shape index (κ1) is 22.2. The van der Waals surface area contributed by atoms with Crippen LogP contribution in [-0.2, 0) is 10.0 Å². The number of thiazole rings is 1. The fourth-order valence-corrected chi connectivity index (χ4v) is 7.33. The van der Waals surface area contributed by atoms with Gasteiger partial charge in [0.1, 0.15) is 4.83 Å². The van der Waals surface area contributed by atoms with Crippen LogP contribution in [-0.4, -0.2) is 56.4 Å². The number of amides is 1. The lowest BCUT2D eigenvalue weighted by molar-refractivity contribution is 0.0716. The van der Waals surface area contributed by atoms with E-state index in [0.717, 1.165) is 27.8 Å². The quantitative estimate of drug-likeness (QED) is 0.559. The van der Waals surface area contributed by atoms with Gasteiger partial charge < -0.3 is 9.80 Å². The van der Waals surface area contributed by atoms with Crippen LogP contribution in [0.2, 0.25) is 0 Å². The topological polar surface area (TPSA) is 82.6 Å². The molecule has 1 aromatic carbocycles. The number of nitrogens with zero attached hydrogens (tertiary/aromatic N) is 3. The highest BCUT2D eigenvalue weighted by Gasteiger charge is 2.28. The van der Waals surface area contributed by atoms with Crippen molar-refractivity contribution in [3.8, 4) is 0 Å². The highest BCUT2D eigenvalue weighted by molar-refractivity contribution is 7.89. The van der Waals surface area contributed by atoms with E-state index in [1.54, 1.807) is 41.7 Å². The zero-order chi connectivity index (χ0) is 22.0. The molecule has 0 bridgehead atoms. The predicted octanol–water partition coefficient (Wildman–Crippen LogP) is 3.79. The Kier molecular flexibility index (Phi) is 6.61. The van der Waals surface area contributed by atoms with Crippen molar-refractivity contribution < 1.29 is 13.2 Å². The van der Waals surface area contributed by atoms with Gasteiger partial charge in [0.05, 0.1) is 14.5 Å². The van der Waals surface area contributed by atoms with Gasteiger partial charge in [0.15, 0.2) is 5.13 Å². The number of thiophene rings is 1. The van der Waals surface area contributed by atoms with Crippen LogP contribution in [0.15, 0.2) is 41.3 Å². The van der Waals surface area contributed by atoms with Crippen LogP contribution in [0.3, 0.4) is 0 Å². The number of sulfonamides is 1. The Morgan fingerprint density at radius 3 is 2.45 bits per heavy atom. The maximum absolute atomic E-state index is 13.0. The molecule has 0 radical (unpaired) electrons. The van der Waals surface area contributed by atoms with Crippen molar-refractivity contribution >= 4 is 53.3 Å². The van der Waals surface area contributed by atoms with Gasteiger partial charge in [-0.15, -0.1) is 11.3 Å². The largest absolute Gasteiger partial charge is 0.349 e. The van der Waals surface area contributed by atoms with Gasteiger partial charge in [-0.25, -0.2) is 18.1 Å². The molecule has 7 nitrogen and oxygen atoms in total. The van der Waals surface area contributed by atoms with Gasteiger partial charge in [0.2, 0.25) is 10.0 Å². The molecular weight excluding hydrogens is 452 g/mol. The average molecular weight is 479 g/mol. The van der Waals surface area contributed by atoms with E-state index in [0.29, 0.717) is 30.8 Å². The third kappa shape index (κ3) is 4.77. The molecule has 3 aromatic rings. The Morgan fingerprint density at radius 1 is 1.16 bits per heavy atom. The molecule has 1 fully saturated rings. The van der Waals surface area contributed by atoms with Crippen molar-refractivity contribution in [2.24, 2.45) is 0 Å². The molecule has 1 aliphatic rings. The van der Waals surface area contributed by atoms with E-state index in [-0.39, 0.29) is 16.8 Å². The Morgan fingerprint density at radius 2 is 1.84 bits per heavy atom. The number of aromatic nitrogens is 1. The number of hydrogen-bond acceptors (Lipinski definition) is 7. The maximum atomic E-state index is 13.0. The Bertz CT molecular complexity index is 1110. The number of carbonyl (C=O) groups excluding carboxylic acids is 1. The molecule has 1 amide bonds. The minimum atomic E-state index is -3.54. The van der Waals surface area contributed by atoms with Crippen LogP contribution in [0.5, 0.6) is 0 Å². The van der Waals surface area contributed by atoms with Crippen molar-refractivity contribution in [3.05, 3.63) is 41.3 Å².